The summed E-state index contributed by atoms with van der Waals surface area (Å²) in [5, 5.41) is 6.36. The van der Waals surface area contributed by atoms with Gasteiger partial charge in [0.25, 0.3) is 10.0 Å². The van der Waals surface area contributed by atoms with Gasteiger partial charge >= 0.3 is 0 Å². The molecule has 0 amide bonds. The van der Waals surface area contributed by atoms with Crippen LogP contribution in [0.4, 0.5) is 0 Å². The Kier molecular flexibility index (Phi) is 5.27. The molecule has 1 rings (SSSR count). The molecule has 1 heterocycles. The molecule has 0 aromatic carbocycles. The number of nitrogens with two attached hydrogens (primary N) is 1. The lowest BCUT2D eigenvalue weighted by atomic mass is 10.3. The van der Waals surface area contributed by atoms with Crippen molar-refractivity contribution in [2.75, 3.05) is 13.2 Å². The normalized spacial score (nSPS) is 12.3. The lowest BCUT2D eigenvalue weighted by Gasteiger charge is -2.08. The molecule has 1 aromatic heterocycles. The molecule has 1 aromatic rings. The van der Waals surface area contributed by atoms with Crippen molar-refractivity contribution < 1.29 is 13.2 Å². The summed E-state index contributed by atoms with van der Waals surface area (Å²) in [5.74, 6) is 0. The van der Waals surface area contributed by atoms with Gasteiger partial charge in [-0.05, 0) is 20.8 Å². The molecule has 8 heteroatoms. The fourth-order valence-electron chi connectivity index (χ4n) is 1.43. The van der Waals surface area contributed by atoms with Crippen LogP contribution in [0.1, 0.15) is 25.1 Å². The molecule has 0 bridgehead atoms. The van der Waals surface area contributed by atoms with Crippen LogP contribution >= 0.6 is 0 Å². The van der Waals surface area contributed by atoms with E-state index < -0.39 is 10.0 Å². The molecule has 7 nitrogen and oxygen atoms in total. The lowest BCUT2D eigenvalue weighted by molar-refractivity contribution is 0.0833. The Balaban J connectivity index is 2.68. The average Bonchev–Trinajstić information content (AvgIpc) is 2.66. The first kappa shape index (κ1) is 15.1. The molecule has 104 valence electrons. The number of rotatable bonds is 7. The number of aromatic nitrogens is 2. The smallest absolute Gasteiger partial charge is 0.260 e. The minimum absolute atomic E-state index is 0.0351. The minimum Gasteiger partial charge on any atom is -0.377 e. The number of ether oxygens (including phenoxy) is 1. The monoisotopic (exact) mass is 276 g/mol. The second kappa shape index (κ2) is 6.28. The van der Waals surface area contributed by atoms with Crippen molar-refractivity contribution in [3.8, 4) is 0 Å². The fourth-order valence-corrected chi connectivity index (χ4v) is 2.65. The predicted molar refractivity (Wildman–Crippen MR) is 67.5 cm³/mol. The molecule has 0 saturated heterocycles. The van der Waals surface area contributed by atoms with Crippen LogP contribution in [-0.4, -0.2) is 37.9 Å². The van der Waals surface area contributed by atoms with Gasteiger partial charge in [-0.25, -0.2) is 13.1 Å². The quantitative estimate of drug-likeness (QED) is 0.601. The van der Waals surface area contributed by atoms with Gasteiger partial charge in [0.05, 0.1) is 12.7 Å². The number of sulfonamides is 1. The topological polar surface area (TPSA) is 110 Å². The van der Waals surface area contributed by atoms with Gasteiger partial charge in [-0.15, -0.1) is 0 Å². The number of hydrogen-bond donors (Lipinski definition) is 3. The van der Waals surface area contributed by atoms with Crippen LogP contribution < -0.4 is 10.5 Å². The fraction of sp³-hybridized carbons (Fsp3) is 0.700. The summed E-state index contributed by atoms with van der Waals surface area (Å²) in [5.41, 5.74) is 6.68. The number of nitrogens with zero attached hydrogens (tertiary/aromatic N) is 1. The molecule has 0 atom stereocenters. The van der Waals surface area contributed by atoms with E-state index in [1.54, 1.807) is 6.92 Å². The van der Waals surface area contributed by atoms with Gasteiger partial charge in [-0.1, -0.05) is 0 Å². The van der Waals surface area contributed by atoms with Crippen LogP contribution in [-0.2, 0) is 21.3 Å². The third-order valence-corrected chi connectivity index (χ3v) is 3.77. The molecule has 0 aliphatic rings. The number of aryl methyl sites for hydroxylation is 1. The van der Waals surface area contributed by atoms with Crippen LogP contribution in [0, 0.1) is 6.92 Å². The average molecular weight is 276 g/mol. The van der Waals surface area contributed by atoms with Gasteiger partial charge in [-0.3, -0.25) is 5.10 Å². The molecule has 18 heavy (non-hydrogen) atoms. The third kappa shape index (κ3) is 3.77. The van der Waals surface area contributed by atoms with E-state index in [0.29, 0.717) is 17.9 Å². The van der Waals surface area contributed by atoms with Gasteiger partial charge in [0.2, 0.25) is 0 Å². The number of nitrogens with one attached hydrogen (secondary N) is 2. The number of hydrogen-bond acceptors (Lipinski definition) is 5. The van der Waals surface area contributed by atoms with Crippen molar-refractivity contribution in [2.45, 2.75) is 38.4 Å². The summed E-state index contributed by atoms with van der Waals surface area (Å²) in [6, 6.07) is 0. The highest BCUT2D eigenvalue weighted by Gasteiger charge is 2.22. The van der Waals surface area contributed by atoms with E-state index in [9.17, 15) is 8.42 Å². The maximum absolute atomic E-state index is 12.0. The van der Waals surface area contributed by atoms with Gasteiger partial charge < -0.3 is 10.5 Å². The van der Waals surface area contributed by atoms with Gasteiger partial charge in [0.1, 0.15) is 0 Å². The number of aromatic amines is 1. The largest absolute Gasteiger partial charge is 0.377 e. The van der Waals surface area contributed by atoms with E-state index in [-0.39, 0.29) is 24.2 Å². The second-order valence-electron chi connectivity index (χ2n) is 4.15. The molecule has 0 fully saturated rings. The Labute approximate surface area is 107 Å². The Morgan fingerprint density at radius 2 is 2.17 bits per heavy atom. The molecule has 0 aliphatic heterocycles. The van der Waals surface area contributed by atoms with E-state index in [1.807, 2.05) is 13.8 Å². The first-order valence-electron chi connectivity index (χ1n) is 5.73. The van der Waals surface area contributed by atoms with Gasteiger partial charge in [0, 0.05) is 24.3 Å². The molecular weight excluding hydrogens is 256 g/mol. The van der Waals surface area contributed by atoms with Crippen LogP contribution in [0.25, 0.3) is 0 Å². The SMILES string of the molecule is Cc1[nH]nc(S(=O)(=O)NCCOC(C)C)c1CN. The van der Waals surface area contributed by atoms with Crippen LogP contribution in [0.3, 0.4) is 0 Å². The molecule has 0 aliphatic carbocycles. The Morgan fingerprint density at radius 1 is 1.50 bits per heavy atom. The first-order valence-corrected chi connectivity index (χ1v) is 7.22. The maximum Gasteiger partial charge on any atom is 0.260 e. The highest BCUT2D eigenvalue weighted by Crippen LogP contribution is 2.14. The molecule has 0 saturated carbocycles. The van der Waals surface area contributed by atoms with Crippen molar-refractivity contribution in [1.29, 1.82) is 0 Å². The zero-order chi connectivity index (χ0) is 13.8. The van der Waals surface area contributed by atoms with Crippen LogP contribution in [0.15, 0.2) is 5.03 Å². The zero-order valence-electron chi connectivity index (χ0n) is 10.9. The summed E-state index contributed by atoms with van der Waals surface area (Å²) >= 11 is 0. The standard InChI is InChI=1S/C10H20N4O3S/c1-7(2)17-5-4-12-18(15,16)10-9(6-11)8(3)13-14-10/h7,12H,4-6,11H2,1-3H3,(H,13,14). The van der Waals surface area contributed by atoms with E-state index >= 15 is 0 Å². The summed E-state index contributed by atoms with van der Waals surface area (Å²) in [4.78, 5) is 0. The Morgan fingerprint density at radius 3 is 2.72 bits per heavy atom. The van der Waals surface area contributed by atoms with Crippen molar-refractivity contribution in [1.82, 2.24) is 14.9 Å². The molecule has 0 radical (unpaired) electrons. The highest BCUT2D eigenvalue weighted by molar-refractivity contribution is 7.89. The summed E-state index contributed by atoms with van der Waals surface area (Å²) in [6.07, 6.45) is 0.0711. The maximum atomic E-state index is 12.0. The van der Waals surface area contributed by atoms with Crippen LogP contribution in [0.5, 0.6) is 0 Å². The molecular formula is C10H20N4O3S. The Hall–Kier alpha value is -0.960. The van der Waals surface area contributed by atoms with Gasteiger partial charge in [0.15, 0.2) is 5.03 Å². The third-order valence-electron chi connectivity index (χ3n) is 2.34. The molecule has 0 unspecified atom stereocenters. The van der Waals surface area contributed by atoms with Crippen molar-refractivity contribution >= 4 is 10.0 Å². The number of H-pyrrole nitrogens is 1. The van der Waals surface area contributed by atoms with Crippen molar-refractivity contribution in [3.05, 3.63) is 11.3 Å². The predicted octanol–water partition coefficient (Wildman–Crippen LogP) is -0.120. The zero-order valence-corrected chi connectivity index (χ0v) is 11.7. The molecule has 4 N–H and O–H groups in total. The second-order valence-corrected chi connectivity index (χ2v) is 5.84. The summed E-state index contributed by atoms with van der Waals surface area (Å²) < 4.78 is 31.6. The Bertz CT molecular complexity index is 481. The van der Waals surface area contributed by atoms with Crippen molar-refractivity contribution in [3.63, 3.8) is 0 Å². The summed E-state index contributed by atoms with van der Waals surface area (Å²) in [7, 11) is -3.63. The van der Waals surface area contributed by atoms with Gasteiger partial charge in [-0.2, -0.15) is 5.10 Å². The van der Waals surface area contributed by atoms with E-state index in [2.05, 4.69) is 14.9 Å². The van der Waals surface area contributed by atoms with E-state index in [4.69, 9.17) is 10.5 Å². The summed E-state index contributed by atoms with van der Waals surface area (Å²) in [6.45, 7) is 6.15. The van der Waals surface area contributed by atoms with Crippen molar-refractivity contribution in [2.24, 2.45) is 5.73 Å². The minimum atomic E-state index is -3.63. The van der Waals surface area contributed by atoms with Crippen LogP contribution in [0.2, 0.25) is 0 Å². The van der Waals surface area contributed by atoms with E-state index in [0.717, 1.165) is 0 Å². The highest BCUT2D eigenvalue weighted by atomic mass is 32.2. The first-order chi connectivity index (χ1) is 8.38. The molecule has 0 spiro atoms. The van der Waals surface area contributed by atoms with E-state index in [1.165, 1.54) is 0 Å². The lowest BCUT2D eigenvalue weighted by Crippen LogP contribution is -2.29.